The molecule has 10 heteroatoms. The van der Waals surface area contributed by atoms with Crippen LogP contribution in [0.25, 0.3) is 0 Å². The van der Waals surface area contributed by atoms with Gasteiger partial charge < -0.3 is 9.08 Å². The van der Waals surface area contributed by atoms with Gasteiger partial charge in [0.1, 0.15) is 5.75 Å². The molecule has 2 rings (SSSR count). The summed E-state index contributed by atoms with van der Waals surface area (Å²) in [6.07, 6.45) is 0.949. The van der Waals surface area contributed by atoms with Gasteiger partial charge in [-0.2, -0.15) is 8.42 Å². The molecule has 0 atom stereocenters. The van der Waals surface area contributed by atoms with Crippen LogP contribution in [0.5, 0.6) is 5.75 Å². The summed E-state index contributed by atoms with van der Waals surface area (Å²) in [6, 6.07) is 10.1. The largest absolute Gasteiger partial charge is 0.383 e. The quantitative estimate of drug-likeness (QED) is 0.350. The standard InChI is InChI=1S/C19H21ClN2O6S/c1-13(2)11-21(12-14-5-4-6-16(9-14)28-29(3,26)27)19(23)17-8-7-15(22(24)25)10-18(17)20/h4-10,13H,11-12H2,1-3H3. The number of carbonyl (C=O) groups excluding carboxylic acids is 1. The minimum Gasteiger partial charge on any atom is -0.383 e. The number of carbonyl (C=O) groups is 1. The Kier molecular flexibility index (Phi) is 7.21. The third-order valence-corrected chi connectivity index (χ3v) is 4.59. The number of halogens is 1. The van der Waals surface area contributed by atoms with Crippen molar-refractivity contribution in [2.24, 2.45) is 5.92 Å². The van der Waals surface area contributed by atoms with Crippen LogP contribution in [-0.2, 0) is 16.7 Å². The third-order valence-electron chi connectivity index (χ3n) is 3.79. The maximum Gasteiger partial charge on any atom is 0.306 e. The van der Waals surface area contributed by atoms with Gasteiger partial charge >= 0.3 is 10.1 Å². The number of hydrogen-bond donors (Lipinski definition) is 0. The van der Waals surface area contributed by atoms with Gasteiger partial charge in [-0.25, -0.2) is 0 Å². The minimum absolute atomic E-state index is 0.00730. The van der Waals surface area contributed by atoms with E-state index in [9.17, 15) is 23.3 Å². The van der Waals surface area contributed by atoms with Gasteiger partial charge in [-0.05, 0) is 29.7 Å². The van der Waals surface area contributed by atoms with E-state index in [2.05, 4.69) is 0 Å². The van der Waals surface area contributed by atoms with Crippen LogP contribution in [-0.4, -0.2) is 36.9 Å². The molecule has 2 aromatic rings. The van der Waals surface area contributed by atoms with E-state index in [4.69, 9.17) is 15.8 Å². The first-order chi connectivity index (χ1) is 13.5. The lowest BCUT2D eigenvalue weighted by Gasteiger charge is -2.25. The van der Waals surface area contributed by atoms with Gasteiger partial charge in [-0.1, -0.05) is 37.6 Å². The maximum absolute atomic E-state index is 13.0. The van der Waals surface area contributed by atoms with Gasteiger partial charge in [0.15, 0.2) is 0 Å². The molecular formula is C19H21ClN2O6S. The molecule has 29 heavy (non-hydrogen) atoms. The van der Waals surface area contributed by atoms with Crippen LogP contribution in [0.4, 0.5) is 5.69 Å². The van der Waals surface area contributed by atoms with E-state index in [1.54, 1.807) is 23.1 Å². The first-order valence-corrected chi connectivity index (χ1v) is 10.9. The van der Waals surface area contributed by atoms with Crippen molar-refractivity contribution < 1.29 is 22.3 Å². The predicted octanol–water partition coefficient (Wildman–Crippen LogP) is 3.89. The van der Waals surface area contributed by atoms with Crippen molar-refractivity contribution in [1.29, 1.82) is 0 Å². The van der Waals surface area contributed by atoms with Crippen LogP contribution < -0.4 is 4.18 Å². The number of nitro benzene ring substituents is 1. The van der Waals surface area contributed by atoms with E-state index in [1.807, 2.05) is 13.8 Å². The van der Waals surface area contributed by atoms with Crippen LogP contribution in [0.2, 0.25) is 5.02 Å². The molecule has 0 saturated carbocycles. The van der Waals surface area contributed by atoms with E-state index in [1.165, 1.54) is 18.2 Å². The molecule has 156 valence electrons. The lowest BCUT2D eigenvalue weighted by Crippen LogP contribution is -2.34. The highest BCUT2D eigenvalue weighted by molar-refractivity contribution is 7.86. The minimum atomic E-state index is -3.67. The van der Waals surface area contributed by atoms with E-state index in [0.29, 0.717) is 12.1 Å². The summed E-state index contributed by atoms with van der Waals surface area (Å²) < 4.78 is 27.6. The first kappa shape index (κ1) is 22.6. The van der Waals surface area contributed by atoms with Gasteiger partial charge in [-0.15, -0.1) is 0 Å². The van der Waals surface area contributed by atoms with Crippen molar-refractivity contribution in [3.05, 3.63) is 68.7 Å². The van der Waals surface area contributed by atoms with Crippen molar-refractivity contribution >= 4 is 33.3 Å². The molecule has 0 aliphatic heterocycles. The summed E-state index contributed by atoms with van der Waals surface area (Å²) in [7, 11) is -3.67. The van der Waals surface area contributed by atoms with Crippen LogP contribution >= 0.6 is 11.6 Å². The summed E-state index contributed by atoms with van der Waals surface area (Å²) in [5.74, 6) is -0.0884. The van der Waals surface area contributed by atoms with Crippen molar-refractivity contribution in [2.45, 2.75) is 20.4 Å². The summed E-state index contributed by atoms with van der Waals surface area (Å²) >= 11 is 6.11. The molecule has 8 nitrogen and oxygen atoms in total. The third kappa shape index (κ3) is 6.72. The number of nitro groups is 1. The molecule has 1 amide bonds. The van der Waals surface area contributed by atoms with Crippen LogP contribution in [0.15, 0.2) is 42.5 Å². The Hall–Kier alpha value is -2.65. The highest BCUT2D eigenvalue weighted by Gasteiger charge is 2.22. The maximum atomic E-state index is 13.0. The number of hydrogen-bond acceptors (Lipinski definition) is 6. The number of non-ortho nitro benzene ring substituents is 1. The van der Waals surface area contributed by atoms with Crippen LogP contribution in [0, 0.1) is 16.0 Å². The highest BCUT2D eigenvalue weighted by atomic mass is 35.5. The number of benzene rings is 2. The molecule has 2 aromatic carbocycles. The summed E-state index contributed by atoms with van der Waals surface area (Å²) in [5.41, 5.74) is 0.618. The number of nitrogens with zero attached hydrogens (tertiary/aromatic N) is 2. The Balaban J connectivity index is 2.31. The van der Waals surface area contributed by atoms with Crippen molar-refractivity contribution in [2.75, 3.05) is 12.8 Å². The summed E-state index contributed by atoms with van der Waals surface area (Å²) in [5, 5.41) is 10.9. The SMILES string of the molecule is CC(C)CN(Cc1cccc(OS(C)(=O)=O)c1)C(=O)c1ccc([N+](=O)[O-])cc1Cl. The van der Waals surface area contributed by atoms with Gasteiger partial charge in [0, 0.05) is 25.2 Å². The smallest absolute Gasteiger partial charge is 0.306 e. The van der Waals surface area contributed by atoms with Gasteiger partial charge in [-0.3, -0.25) is 14.9 Å². The summed E-state index contributed by atoms with van der Waals surface area (Å²) in [6.45, 7) is 4.48. The average molecular weight is 441 g/mol. The lowest BCUT2D eigenvalue weighted by molar-refractivity contribution is -0.384. The monoisotopic (exact) mass is 440 g/mol. The molecule has 0 N–H and O–H groups in total. The topological polar surface area (TPSA) is 107 Å². The van der Waals surface area contributed by atoms with E-state index >= 15 is 0 Å². The molecule has 0 radical (unpaired) electrons. The molecule has 0 fully saturated rings. The van der Waals surface area contributed by atoms with E-state index in [-0.39, 0.29) is 40.4 Å². The second kappa shape index (κ2) is 9.23. The number of amides is 1. The highest BCUT2D eigenvalue weighted by Crippen LogP contribution is 2.25. The van der Waals surface area contributed by atoms with Gasteiger partial charge in [0.2, 0.25) is 0 Å². The Morgan fingerprint density at radius 1 is 1.24 bits per heavy atom. The Labute approximate surface area is 174 Å². The fourth-order valence-corrected chi connectivity index (χ4v) is 3.42. The second-order valence-electron chi connectivity index (χ2n) is 6.94. The zero-order valence-corrected chi connectivity index (χ0v) is 17.7. The number of rotatable bonds is 8. The fraction of sp³-hybridized carbons (Fsp3) is 0.316. The molecule has 0 aliphatic carbocycles. The Morgan fingerprint density at radius 2 is 1.93 bits per heavy atom. The summed E-state index contributed by atoms with van der Waals surface area (Å²) in [4.78, 5) is 24.9. The molecule has 0 bridgehead atoms. The second-order valence-corrected chi connectivity index (χ2v) is 8.92. The molecule has 0 heterocycles. The van der Waals surface area contributed by atoms with E-state index < -0.39 is 15.0 Å². The van der Waals surface area contributed by atoms with Crippen molar-refractivity contribution in [3.8, 4) is 5.75 Å². The molecule has 0 unspecified atom stereocenters. The zero-order chi connectivity index (χ0) is 21.8. The predicted molar refractivity (Wildman–Crippen MR) is 110 cm³/mol. The normalized spacial score (nSPS) is 11.3. The van der Waals surface area contributed by atoms with Gasteiger partial charge in [0.25, 0.3) is 11.6 Å². The Morgan fingerprint density at radius 3 is 2.48 bits per heavy atom. The first-order valence-electron chi connectivity index (χ1n) is 8.68. The van der Waals surface area contributed by atoms with Crippen LogP contribution in [0.3, 0.4) is 0 Å². The molecule has 0 aliphatic rings. The fourth-order valence-electron chi connectivity index (χ4n) is 2.71. The molecule has 0 saturated heterocycles. The molecule has 0 aromatic heterocycles. The van der Waals surface area contributed by atoms with Crippen molar-refractivity contribution in [3.63, 3.8) is 0 Å². The zero-order valence-electron chi connectivity index (χ0n) is 16.2. The Bertz CT molecular complexity index is 1020. The van der Waals surface area contributed by atoms with Gasteiger partial charge in [0.05, 0.1) is 21.8 Å². The lowest BCUT2D eigenvalue weighted by atomic mass is 10.1. The average Bonchev–Trinajstić information content (AvgIpc) is 2.59. The van der Waals surface area contributed by atoms with Crippen LogP contribution in [0.1, 0.15) is 29.8 Å². The molecular weight excluding hydrogens is 420 g/mol. The van der Waals surface area contributed by atoms with Crippen molar-refractivity contribution in [1.82, 2.24) is 4.90 Å². The molecule has 0 spiro atoms. The van der Waals surface area contributed by atoms with E-state index in [0.717, 1.165) is 12.3 Å².